The highest BCUT2D eigenvalue weighted by atomic mass is 35.5. The van der Waals surface area contributed by atoms with Crippen LogP contribution in [0.2, 0.25) is 10.0 Å². The molecule has 0 N–H and O–H groups in total. The number of aromatic nitrogens is 1. The molecule has 1 amide bonds. The van der Waals surface area contributed by atoms with Crippen molar-refractivity contribution < 1.29 is 18.4 Å². The molecule has 0 aliphatic heterocycles. The molecule has 29 heavy (non-hydrogen) atoms. The summed E-state index contributed by atoms with van der Waals surface area (Å²) in [5, 5.41) is 2.39. The van der Waals surface area contributed by atoms with Gasteiger partial charge in [0.1, 0.15) is 11.6 Å². The molecule has 0 fully saturated rings. The Labute approximate surface area is 179 Å². The Morgan fingerprint density at radius 3 is 2.52 bits per heavy atom. The number of benzene rings is 2. The number of carbonyl (C=O) groups excluding carboxylic acids is 2. The monoisotopic (exact) mass is 452 g/mol. The average molecular weight is 453 g/mol. The molecule has 0 atom stereocenters. The summed E-state index contributed by atoms with van der Waals surface area (Å²) in [6.07, 6.45) is 2.76. The Morgan fingerprint density at radius 1 is 1.10 bits per heavy atom. The van der Waals surface area contributed by atoms with Crippen LogP contribution in [0.15, 0.2) is 47.9 Å². The number of rotatable bonds is 5. The molecule has 1 aromatic heterocycles. The molecule has 0 bridgehead atoms. The summed E-state index contributed by atoms with van der Waals surface area (Å²) in [6.45, 7) is 1.24. The van der Waals surface area contributed by atoms with E-state index in [9.17, 15) is 18.4 Å². The van der Waals surface area contributed by atoms with Gasteiger partial charge in [0, 0.05) is 23.9 Å². The van der Waals surface area contributed by atoms with Gasteiger partial charge in [-0.05, 0) is 42.5 Å². The summed E-state index contributed by atoms with van der Waals surface area (Å²) in [4.78, 5) is 29.6. The minimum Gasteiger partial charge on any atom is -0.289 e. The van der Waals surface area contributed by atoms with Gasteiger partial charge in [0.2, 0.25) is 5.91 Å². The summed E-state index contributed by atoms with van der Waals surface area (Å²) < 4.78 is 27.3. The van der Waals surface area contributed by atoms with Crippen LogP contribution in [0.1, 0.15) is 23.0 Å². The molecular weight excluding hydrogens is 441 g/mol. The van der Waals surface area contributed by atoms with Crippen molar-refractivity contribution in [3.63, 3.8) is 0 Å². The molecule has 0 spiro atoms. The van der Waals surface area contributed by atoms with Crippen LogP contribution < -0.4 is 4.90 Å². The highest BCUT2D eigenvalue weighted by Crippen LogP contribution is 2.31. The third-order valence-corrected chi connectivity index (χ3v) is 5.36. The zero-order chi connectivity index (χ0) is 21.1. The van der Waals surface area contributed by atoms with Crippen LogP contribution in [0.3, 0.4) is 0 Å². The van der Waals surface area contributed by atoms with Gasteiger partial charge >= 0.3 is 0 Å². The van der Waals surface area contributed by atoms with E-state index in [4.69, 9.17) is 23.2 Å². The Bertz CT molecular complexity index is 1130. The maximum absolute atomic E-state index is 14.1. The number of thiazole rings is 1. The molecule has 0 saturated heterocycles. The van der Waals surface area contributed by atoms with Crippen molar-refractivity contribution in [2.75, 3.05) is 4.90 Å². The van der Waals surface area contributed by atoms with Crippen LogP contribution in [0, 0.1) is 11.6 Å². The van der Waals surface area contributed by atoms with E-state index in [1.807, 2.05) is 0 Å². The molecule has 148 valence electrons. The SMILES string of the molecule is CC(=O)N(c1nc(/C=C/C(=O)c2ccc(Cl)c(Cl)c2)cs1)c1ccc(F)cc1F. The molecule has 0 aliphatic carbocycles. The molecule has 3 rings (SSSR count). The highest BCUT2D eigenvalue weighted by molar-refractivity contribution is 7.14. The van der Waals surface area contributed by atoms with Crippen LogP contribution in [0.25, 0.3) is 6.08 Å². The zero-order valence-corrected chi connectivity index (χ0v) is 17.2. The van der Waals surface area contributed by atoms with Crippen molar-refractivity contribution in [2.24, 2.45) is 0 Å². The van der Waals surface area contributed by atoms with Crippen molar-refractivity contribution in [2.45, 2.75) is 6.92 Å². The van der Waals surface area contributed by atoms with E-state index >= 15 is 0 Å². The van der Waals surface area contributed by atoms with Crippen molar-refractivity contribution in [3.05, 3.63) is 80.8 Å². The molecule has 1 heterocycles. The number of halogens is 4. The second-order valence-electron chi connectivity index (χ2n) is 5.83. The first-order valence-corrected chi connectivity index (χ1v) is 9.78. The summed E-state index contributed by atoms with van der Waals surface area (Å²) >= 11 is 12.8. The lowest BCUT2D eigenvalue weighted by atomic mass is 10.1. The van der Waals surface area contributed by atoms with Crippen molar-refractivity contribution >= 4 is 63.1 Å². The molecule has 3 aromatic rings. The number of ketones is 1. The van der Waals surface area contributed by atoms with E-state index in [1.165, 1.54) is 31.2 Å². The molecule has 0 unspecified atom stereocenters. The van der Waals surface area contributed by atoms with E-state index in [2.05, 4.69) is 4.98 Å². The van der Waals surface area contributed by atoms with E-state index < -0.39 is 17.5 Å². The number of hydrogen-bond acceptors (Lipinski definition) is 4. The molecule has 4 nitrogen and oxygen atoms in total. The quantitative estimate of drug-likeness (QED) is 0.336. The van der Waals surface area contributed by atoms with Gasteiger partial charge in [-0.1, -0.05) is 23.2 Å². The van der Waals surface area contributed by atoms with E-state index in [-0.39, 0.29) is 21.6 Å². The zero-order valence-electron chi connectivity index (χ0n) is 14.8. The van der Waals surface area contributed by atoms with E-state index in [0.717, 1.165) is 28.4 Å². The first-order chi connectivity index (χ1) is 13.8. The fraction of sp³-hybridized carbons (Fsp3) is 0.0500. The summed E-state index contributed by atoms with van der Waals surface area (Å²) in [7, 11) is 0. The third kappa shape index (κ3) is 4.87. The smallest absolute Gasteiger partial charge is 0.230 e. The lowest BCUT2D eigenvalue weighted by Crippen LogP contribution is -2.23. The first-order valence-electron chi connectivity index (χ1n) is 8.15. The lowest BCUT2D eigenvalue weighted by molar-refractivity contribution is -0.115. The van der Waals surface area contributed by atoms with E-state index in [0.29, 0.717) is 22.3 Å². The fourth-order valence-corrected chi connectivity index (χ4v) is 3.58. The van der Waals surface area contributed by atoms with Crippen LogP contribution >= 0.6 is 34.5 Å². The standard InChI is InChI=1S/C20H12Cl2F2N2O2S/c1-11(27)26(18-6-3-13(23)9-17(18)24)20-25-14(10-29-20)4-7-19(28)12-2-5-15(21)16(22)8-12/h2-10H,1H3/b7-4+. The predicted octanol–water partition coefficient (Wildman–Crippen LogP) is 6.31. The maximum atomic E-state index is 14.1. The fourth-order valence-electron chi connectivity index (χ4n) is 2.43. The minimum atomic E-state index is -0.887. The lowest BCUT2D eigenvalue weighted by Gasteiger charge is -2.18. The molecule has 0 saturated carbocycles. The Kier molecular flexibility index (Phi) is 6.42. The van der Waals surface area contributed by atoms with Gasteiger partial charge in [0.05, 0.1) is 21.4 Å². The Hall–Kier alpha value is -2.61. The maximum Gasteiger partial charge on any atom is 0.230 e. The van der Waals surface area contributed by atoms with Gasteiger partial charge in [0.15, 0.2) is 10.9 Å². The normalized spacial score (nSPS) is 11.1. The van der Waals surface area contributed by atoms with Crippen LogP contribution in [0.5, 0.6) is 0 Å². The Balaban J connectivity index is 1.84. The molecular formula is C20H12Cl2F2N2O2S. The summed E-state index contributed by atoms with van der Waals surface area (Å²) in [6, 6.07) is 7.43. The van der Waals surface area contributed by atoms with Gasteiger partial charge in [-0.25, -0.2) is 13.8 Å². The molecule has 2 aromatic carbocycles. The van der Waals surface area contributed by atoms with Crippen LogP contribution in [-0.4, -0.2) is 16.7 Å². The Morgan fingerprint density at radius 2 is 1.86 bits per heavy atom. The van der Waals surface area contributed by atoms with Gasteiger partial charge < -0.3 is 0 Å². The second-order valence-corrected chi connectivity index (χ2v) is 7.48. The van der Waals surface area contributed by atoms with E-state index in [1.54, 1.807) is 11.4 Å². The highest BCUT2D eigenvalue weighted by Gasteiger charge is 2.21. The number of allylic oxidation sites excluding steroid dienone is 1. The average Bonchev–Trinajstić information content (AvgIpc) is 3.12. The van der Waals surface area contributed by atoms with Gasteiger partial charge in [-0.3, -0.25) is 14.5 Å². The summed E-state index contributed by atoms with van der Waals surface area (Å²) in [5.41, 5.74) is 0.632. The largest absolute Gasteiger partial charge is 0.289 e. The molecule has 9 heteroatoms. The van der Waals surface area contributed by atoms with Crippen molar-refractivity contribution in [3.8, 4) is 0 Å². The van der Waals surface area contributed by atoms with Crippen LogP contribution in [0.4, 0.5) is 19.6 Å². The number of anilines is 2. The van der Waals surface area contributed by atoms with Gasteiger partial charge in [0.25, 0.3) is 0 Å². The van der Waals surface area contributed by atoms with Gasteiger partial charge in [-0.2, -0.15) is 0 Å². The van der Waals surface area contributed by atoms with Crippen molar-refractivity contribution in [1.29, 1.82) is 0 Å². The number of nitrogens with zero attached hydrogens (tertiary/aromatic N) is 2. The number of amides is 1. The predicted molar refractivity (Wildman–Crippen MR) is 111 cm³/mol. The van der Waals surface area contributed by atoms with Crippen LogP contribution in [-0.2, 0) is 4.79 Å². The summed E-state index contributed by atoms with van der Waals surface area (Å²) in [5.74, 6) is -2.45. The third-order valence-electron chi connectivity index (χ3n) is 3.78. The van der Waals surface area contributed by atoms with Gasteiger partial charge in [-0.15, -0.1) is 11.3 Å². The minimum absolute atomic E-state index is 0.115. The first kappa shape index (κ1) is 21.1. The number of hydrogen-bond donors (Lipinski definition) is 0. The molecule has 0 radical (unpaired) electrons. The number of carbonyl (C=O) groups is 2. The topological polar surface area (TPSA) is 50.3 Å². The molecule has 0 aliphatic rings. The second kappa shape index (κ2) is 8.82. The van der Waals surface area contributed by atoms with Crippen molar-refractivity contribution in [1.82, 2.24) is 4.98 Å².